The van der Waals surface area contributed by atoms with Crippen molar-refractivity contribution in [3.63, 3.8) is 0 Å². The van der Waals surface area contributed by atoms with Crippen LogP contribution in [0.5, 0.6) is 5.75 Å². The van der Waals surface area contributed by atoms with Gasteiger partial charge in [0.2, 0.25) is 0 Å². The molecule has 7 heteroatoms. The minimum Gasteiger partial charge on any atom is -0.505 e. The zero-order valence-corrected chi connectivity index (χ0v) is 17.7. The molecule has 0 saturated carbocycles. The van der Waals surface area contributed by atoms with Crippen molar-refractivity contribution in [3.05, 3.63) is 89.5 Å². The summed E-state index contributed by atoms with van der Waals surface area (Å²) >= 11 is 6.60. The summed E-state index contributed by atoms with van der Waals surface area (Å²) in [7, 11) is 0. The van der Waals surface area contributed by atoms with E-state index in [1.807, 2.05) is 60.8 Å². The number of rotatable bonds is 4. The molecule has 0 spiro atoms. The third kappa shape index (κ3) is 3.80. The van der Waals surface area contributed by atoms with Crippen LogP contribution in [0.3, 0.4) is 0 Å². The number of pyridine rings is 3. The molecule has 0 amide bonds. The van der Waals surface area contributed by atoms with Gasteiger partial charge < -0.3 is 10.0 Å². The van der Waals surface area contributed by atoms with Crippen molar-refractivity contribution in [1.29, 1.82) is 0 Å². The van der Waals surface area contributed by atoms with Gasteiger partial charge in [-0.15, -0.1) is 0 Å². The van der Waals surface area contributed by atoms with Crippen LogP contribution in [0.4, 0.5) is 5.82 Å². The number of benzene rings is 1. The monoisotopic (exact) mass is 431 g/mol. The first-order valence-corrected chi connectivity index (χ1v) is 10.7. The molecule has 0 unspecified atom stereocenters. The summed E-state index contributed by atoms with van der Waals surface area (Å²) in [5, 5.41) is 12.5. The summed E-state index contributed by atoms with van der Waals surface area (Å²) in [6.45, 7) is 3.27. The highest BCUT2D eigenvalue weighted by molar-refractivity contribution is 6.35. The molecule has 1 N–H and O–H groups in total. The Morgan fingerprint density at radius 2 is 1.58 bits per heavy atom. The lowest BCUT2D eigenvalue weighted by atomic mass is 9.97. The summed E-state index contributed by atoms with van der Waals surface area (Å²) in [6.07, 6.45) is 5.27. The second-order valence-electron chi connectivity index (χ2n) is 7.56. The van der Waals surface area contributed by atoms with Crippen LogP contribution in [0.2, 0.25) is 5.02 Å². The molecule has 1 aliphatic heterocycles. The van der Waals surface area contributed by atoms with Crippen molar-refractivity contribution in [1.82, 2.24) is 19.9 Å². The van der Waals surface area contributed by atoms with Gasteiger partial charge in [-0.05, 0) is 42.5 Å². The van der Waals surface area contributed by atoms with Crippen LogP contribution in [0.25, 0.3) is 10.9 Å². The molecule has 5 rings (SSSR count). The normalized spacial score (nSPS) is 15.8. The van der Waals surface area contributed by atoms with E-state index in [2.05, 4.69) is 24.8 Å². The van der Waals surface area contributed by atoms with E-state index in [4.69, 9.17) is 11.6 Å². The molecule has 1 atom stereocenters. The van der Waals surface area contributed by atoms with E-state index in [0.29, 0.717) is 10.5 Å². The number of hydrogen-bond donors (Lipinski definition) is 1. The van der Waals surface area contributed by atoms with Gasteiger partial charge in [0, 0.05) is 55.7 Å². The molecule has 1 fully saturated rings. The summed E-state index contributed by atoms with van der Waals surface area (Å²) < 4.78 is 0. The fraction of sp³-hybridized carbons (Fsp3) is 0.208. The standard InChI is InChI=1S/C24H22ClN5O/c25-19-16-18(24(31)22-17(19)6-5-11-28-22)23(20-7-1-3-9-26-20)30-14-12-29(13-15-30)21-8-2-4-10-27-21/h1-11,16,23,31H,12-15H2/t23-/m1/s1. The molecule has 0 bridgehead atoms. The molecule has 1 aromatic carbocycles. The third-order valence-electron chi connectivity index (χ3n) is 5.76. The lowest BCUT2D eigenvalue weighted by Gasteiger charge is -2.40. The number of hydrogen-bond acceptors (Lipinski definition) is 6. The SMILES string of the molecule is Oc1c([C@H](c2ccccn2)N2CCN(c3ccccn3)CC2)cc(Cl)c2cccnc12. The van der Waals surface area contributed by atoms with Crippen LogP contribution in [0, 0.1) is 0 Å². The largest absolute Gasteiger partial charge is 0.505 e. The number of phenolic OH excluding ortho intramolecular Hbond substituents is 1. The van der Waals surface area contributed by atoms with Gasteiger partial charge >= 0.3 is 0 Å². The second kappa shape index (κ2) is 8.49. The Kier molecular flexibility index (Phi) is 5.40. The number of halogens is 1. The van der Waals surface area contributed by atoms with E-state index < -0.39 is 0 Å². The number of nitrogens with zero attached hydrogens (tertiary/aromatic N) is 5. The van der Waals surface area contributed by atoms with Gasteiger partial charge in [0.15, 0.2) is 0 Å². The lowest BCUT2D eigenvalue weighted by Crippen LogP contribution is -2.48. The molecule has 0 aliphatic carbocycles. The second-order valence-corrected chi connectivity index (χ2v) is 7.97. The third-order valence-corrected chi connectivity index (χ3v) is 6.07. The van der Waals surface area contributed by atoms with E-state index in [0.717, 1.165) is 48.6 Å². The molecule has 4 aromatic rings. The number of aromatic hydroxyl groups is 1. The summed E-state index contributed by atoms with van der Waals surface area (Å²) in [5.74, 6) is 1.14. The van der Waals surface area contributed by atoms with Crippen LogP contribution >= 0.6 is 11.6 Å². The van der Waals surface area contributed by atoms with E-state index in [1.165, 1.54) is 0 Å². The summed E-state index contributed by atoms with van der Waals surface area (Å²) in [5.41, 5.74) is 2.11. The van der Waals surface area contributed by atoms with E-state index in [-0.39, 0.29) is 11.8 Å². The number of piperazine rings is 1. The quantitative estimate of drug-likeness (QED) is 0.520. The average molecular weight is 432 g/mol. The maximum atomic E-state index is 11.2. The van der Waals surface area contributed by atoms with E-state index in [1.54, 1.807) is 12.4 Å². The summed E-state index contributed by atoms with van der Waals surface area (Å²) in [6, 6.07) is 17.1. The zero-order chi connectivity index (χ0) is 21.2. The van der Waals surface area contributed by atoms with Gasteiger partial charge in [0.25, 0.3) is 0 Å². The van der Waals surface area contributed by atoms with Crippen molar-refractivity contribution < 1.29 is 5.11 Å². The predicted octanol–water partition coefficient (Wildman–Crippen LogP) is 4.30. The highest BCUT2D eigenvalue weighted by atomic mass is 35.5. The van der Waals surface area contributed by atoms with Crippen LogP contribution in [-0.4, -0.2) is 51.1 Å². The fourth-order valence-corrected chi connectivity index (χ4v) is 4.52. The lowest BCUT2D eigenvalue weighted by molar-refractivity contribution is 0.206. The van der Waals surface area contributed by atoms with Gasteiger partial charge in [-0.2, -0.15) is 0 Å². The summed E-state index contributed by atoms with van der Waals surface area (Å²) in [4.78, 5) is 18.1. The smallest absolute Gasteiger partial charge is 0.147 e. The van der Waals surface area contributed by atoms with Crippen molar-refractivity contribution in [2.75, 3.05) is 31.1 Å². The van der Waals surface area contributed by atoms with E-state index >= 15 is 0 Å². The maximum absolute atomic E-state index is 11.2. The highest BCUT2D eigenvalue weighted by Gasteiger charge is 2.30. The molecular formula is C24H22ClN5O. The van der Waals surface area contributed by atoms with Gasteiger partial charge in [-0.3, -0.25) is 14.9 Å². The van der Waals surface area contributed by atoms with Crippen LogP contribution in [0.15, 0.2) is 73.2 Å². The Labute approximate surface area is 185 Å². The van der Waals surface area contributed by atoms with Gasteiger partial charge in [0.1, 0.15) is 17.1 Å². The van der Waals surface area contributed by atoms with Gasteiger partial charge in [0.05, 0.1) is 16.8 Å². The first-order chi connectivity index (χ1) is 15.2. The maximum Gasteiger partial charge on any atom is 0.147 e. The Balaban J connectivity index is 1.53. The van der Waals surface area contributed by atoms with Crippen molar-refractivity contribution in [3.8, 4) is 5.75 Å². The minimum absolute atomic E-state index is 0.155. The first kappa shape index (κ1) is 19.7. The molecule has 4 heterocycles. The van der Waals surface area contributed by atoms with Gasteiger partial charge in [-0.1, -0.05) is 23.7 Å². The number of phenols is 1. The molecule has 0 radical (unpaired) electrons. The topological polar surface area (TPSA) is 65.4 Å². The minimum atomic E-state index is -0.226. The van der Waals surface area contributed by atoms with Crippen LogP contribution in [0.1, 0.15) is 17.3 Å². The number of anilines is 1. The predicted molar refractivity (Wildman–Crippen MR) is 123 cm³/mol. The molecule has 6 nitrogen and oxygen atoms in total. The Morgan fingerprint density at radius 1 is 0.839 bits per heavy atom. The highest BCUT2D eigenvalue weighted by Crippen LogP contribution is 2.40. The Bertz CT molecular complexity index is 1180. The number of fused-ring (bicyclic) bond motifs is 1. The molecule has 1 saturated heterocycles. The van der Waals surface area contributed by atoms with Crippen molar-refractivity contribution in [2.24, 2.45) is 0 Å². The molecular weight excluding hydrogens is 410 g/mol. The van der Waals surface area contributed by atoms with Crippen molar-refractivity contribution >= 4 is 28.3 Å². The average Bonchev–Trinajstić information content (AvgIpc) is 2.84. The van der Waals surface area contributed by atoms with Crippen molar-refractivity contribution in [2.45, 2.75) is 6.04 Å². The van der Waals surface area contributed by atoms with Crippen LogP contribution < -0.4 is 4.90 Å². The molecule has 1 aliphatic rings. The Morgan fingerprint density at radius 3 is 2.29 bits per heavy atom. The zero-order valence-electron chi connectivity index (χ0n) is 16.9. The molecule has 31 heavy (non-hydrogen) atoms. The van der Waals surface area contributed by atoms with Gasteiger partial charge in [-0.25, -0.2) is 4.98 Å². The fourth-order valence-electron chi connectivity index (χ4n) is 4.25. The molecule has 156 valence electrons. The molecule has 3 aromatic heterocycles. The first-order valence-electron chi connectivity index (χ1n) is 10.3. The van der Waals surface area contributed by atoms with E-state index in [9.17, 15) is 5.11 Å². The van der Waals surface area contributed by atoms with Crippen LogP contribution in [-0.2, 0) is 0 Å². The Hall–Kier alpha value is -3.22. The number of aromatic nitrogens is 3.